The lowest BCUT2D eigenvalue weighted by Crippen LogP contribution is -2.00. The van der Waals surface area contributed by atoms with Gasteiger partial charge in [-0.2, -0.15) is 4.68 Å². The van der Waals surface area contributed by atoms with Crippen molar-refractivity contribution in [2.45, 2.75) is 0 Å². The fourth-order valence-electron chi connectivity index (χ4n) is 2.02. The number of rotatable bonds is 3. The third-order valence-electron chi connectivity index (χ3n) is 2.95. The second-order valence-electron chi connectivity index (χ2n) is 4.39. The molecule has 0 aliphatic rings. The molecule has 0 saturated carbocycles. The molecule has 3 aromatic rings. The molecule has 6 nitrogen and oxygen atoms in total. The first-order valence-corrected chi connectivity index (χ1v) is 6.54. The molecule has 0 amide bonds. The summed E-state index contributed by atoms with van der Waals surface area (Å²) in [6.45, 7) is 0. The van der Waals surface area contributed by atoms with Crippen LogP contribution in [0.1, 0.15) is 0 Å². The molecule has 0 fully saturated rings. The zero-order valence-electron chi connectivity index (χ0n) is 11.2. The van der Waals surface area contributed by atoms with E-state index in [-0.39, 0.29) is 0 Å². The van der Waals surface area contributed by atoms with Crippen LogP contribution in [0.4, 0.5) is 5.69 Å². The smallest absolute Gasteiger partial charge is 0.187 e. The van der Waals surface area contributed by atoms with Gasteiger partial charge >= 0.3 is 0 Å². The molecule has 0 aliphatic heterocycles. The van der Waals surface area contributed by atoms with E-state index in [1.54, 1.807) is 36.1 Å². The molecular formula is C14H12ClN5O. The van der Waals surface area contributed by atoms with Gasteiger partial charge in [0.15, 0.2) is 5.82 Å². The van der Waals surface area contributed by atoms with E-state index in [2.05, 4.69) is 15.5 Å². The lowest BCUT2D eigenvalue weighted by Gasteiger charge is -2.07. The number of methoxy groups -OCH3 is 1. The van der Waals surface area contributed by atoms with Crippen molar-refractivity contribution in [1.82, 2.24) is 20.2 Å². The Morgan fingerprint density at radius 3 is 2.81 bits per heavy atom. The van der Waals surface area contributed by atoms with Crippen LogP contribution in [-0.4, -0.2) is 27.3 Å². The van der Waals surface area contributed by atoms with Gasteiger partial charge in [0.2, 0.25) is 0 Å². The Balaban J connectivity index is 2.13. The average Bonchev–Trinajstić information content (AvgIpc) is 2.96. The van der Waals surface area contributed by atoms with Gasteiger partial charge < -0.3 is 10.5 Å². The minimum absolute atomic E-state index is 0.558. The van der Waals surface area contributed by atoms with Gasteiger partial charge in [0.25, 0.3) is 0 Å². The van der Waals surface area contributed by atoms with Crippen LogP contribution in [0.15, 0.2) is 42.5 Å². The Morgan fingerprint density at radius 2 is 2.05 bits per heavy atom. The summed E-state index contributed by atoms with van der Waals surface area (Å²) in [5, 5.41) is 12.4. The number of nitrogen functional groups attached to an aromatic ring is 1. The standard InChI is InChI=1S/C14H12ClN5O/c1-21-13-6-9(5-11(16)8-13)14-17-18-19-20(14)12-4-2-3-10(15)7-12/h2-8H,16H2,1H3. The second-order valence-corrected chi connectivity index (χ2v) is 4.83. The fraction of sp³-hybridized carbons (Fsp3) is 0.0714. The highest BCUT2D eigenvalue weighted by Crippen LogP contribution is 2.27. The minimum Gasteiger partial charge on any atom is -0.497 e. The first-order chi connectivity index (χ1) is 10.2. The van der Waals surface area contributed by atoms with Crippen LogP contribution in [0.3, 0.4) is 0 Å². The predicted molar refractivity (Wildman–Crippen MR) is 80.6 cm³/mol. The number of tetrazole rings is 1. The molecule has 106 valence electrons. The highest BCUT2D eigenvalue weighted by molar-refractivity contribution is 6.30. The molecule has 2 N–H and O–H groups in total. The number of nitrogens with zero attached hydrogens (tertiary/aromatic N) is 4. The summed E-state index contributed by atoms with van der Waals surface area (Å²) in [4.78, 5) is 0. The molecule has 0 saturated heterocycles. The maximum atomic E-state index is 6.01. The predicted octanol–water partition coefficient (Wildman–Crippen LogP) is 2.57. The first kappa shape index (κ1) is 13.4. The van der Waals surface area contributed by atoms with Crippen LogP contribution < -0.4 is 10.5 Å². The monoisotopic (exact) mass is 301 g/mol. The zero-order chi connectivity index (χ0) is 14.8. The summed E-state index contributed by atoms with van der Waals surface area (Å²) < 4.78 is 6.82. The average molecular weight is 302 g/mol. The highest BCUT2D eigenvalue weighted by atomic mass is 35.5. The number of anilines is 1. The van der Waals surface area contributed by atoms with E-state index in [0.717, 1.165) is 11.3 Å². The summed E-state index contributed by atoms with van der Waals surface area (Å²) in [6.07, 6.45) is 0. The van der Waals surface area contributed by atoms with E-state index >= 15 is 0 Å². The van der Waals surface area contributed by atoms with Crippen molar-refractivity contribution in [3.8, 4) is 22.8 Å². The molecule has 7 heteroatoms. The molecule has 0 atom stereocenters. The molecule has 1 heterocycles. The van der Waals surface area contributed by atoms with Crippen molar-refractivity contribution in [2.75, 3.05) is 12.8 Å². The molecule has 0 radical (unpaired) electrons. The molecule has 0 aliphatic carbocycles. The van der Waals surface area contributed by atoms with E-state index in [1.165, 1.54) is 0 Å². The van der Waals surface area contributed by atoms with E-state index in [1.807, 2.05) is 18.2 Å². The number of hydrogen-bond donors (Lipinski definition) is 1. The Hall–Kier alpha value is -2.60. The number of nitrogens with two attached hydrogens (primary N) is 1. The summed E-state index contributed by atoms with van der Waals surface area (Å²) in [5.41, 5.74) is 7.98. The quantitative estimate of drug-likeness (QED) is 0.752. The lowest BCUT2D eigenvalue weighted by molar-refractivity contribution is 0.415. The Kier molecular flexibility index (Phi) is 3.45. The molecule has 3 rings (SSSR count). The van der Waals surface area contributed by atoms with Crippen LogP contribution in [-0.2, 0) is 0 Å². The van der Waals surface area contributed by atoms with Gasteiger partial charge in [-0.3, -0.25) is 0 Å². The topological polar surface area (TPSA) is 78.8 Å². The largest absolute Gasteiger partial charge is 0.497 e. The third kappa shape index (κ3) is 2.66. The second kappa shape index (κ2) is 5.41. The third-order valence-corrected chi connectivity index (χ3v) is 3.18. The number of aromatic nitrogens is 4. The molecule has 0 unspecified atom stereocenters. The Labute approximate surface area is 126 Å². The van der Waals surface area contributed by atoms with Crippen molar-refractivity contribution in [1.29, 1.82) is 0 Å². The van der Waals surface area contributed by atoms with Gasteiger partial charge in [0, 0.05) is 22.3 Å². The SMILES string of the molecule is COc1cc(N)cc(-c2nnnn2-c2cccc(Cl)c2)c1. The van der Waals surface area contributed by atoms with Crippen LogP contribution in [0.25, 0.3) is 17.1 Å². The Morgan fingerprint density at radius 1 is 1.19 bits per heavy atom. The maximum absolute atomic E-state index is 6.01. The van der Waals surface area contributed by atoms with Crippen molar-refractivity contribution in [3.63, 3.8) is 0 Å². The van der Waals surface area contributed by atoms with Crippen molar-refractivity contribution in [2.24, 2.45) is 0 Å². The van der Waals surface area contributed by atoms with E-state index < -0.39 is 0 Å². The summed E-state index contributed by atoms with van der Waals surface area (Å²) in [7, 11) is 1.58. The summed E-state index contributed by atoms with van der Waals surface area (Å²) >= 11 is 6.01. The Bertz CT molecular complexity index is 787. The highest BCUT2D eigenvalue weighted by Gasteiger charge is 2.12. The van der Waals surface area contributed by atoms with Crippen molar-refractivity contribution >= 4 is 17.3 Å². The zero-order valence-corrected chi connectivity index (χ0v) is 11.9. The molecule has 0 bridgehead atoms. The van der Waals surface area contributed by atoms with E-state index in [0.29, 0.717) is 22.3 Å². The lowest BCUT2D eigenvalue weighted by atomic mass is 10.1. The van der Waals surface area contributed by atoms with E-state index in [4.69, 9.17) is 22.1 Å². The molecule has 0 spiro atoms. The summed E-state index contributed by atoms with van der Waals surface area (Å²) in [6, 6.07) is 12.6. The van der Waals surface area contributed by atoms with Crippen LogP contribution in [0.5, 0.6) is 5.75 Å². The van der Waals surface area contributed by atoms with Crippen LogP contribution in [0.2, 0.25) is 5.02 Å². The van der Waals surface area contributed by atoms with Crippen molar-refractivity contribution < 1.29 is 4.74 Å². The molecule has 1 aromatic heterocycles. The summed E-state index contributed by atoms with van der Waals surface area (Å²) in [5.74, 6) is 1.20. The van der Waals surface area contributed by atoms with Crippen molar-refractivity contribution in [3.05, 3.63) is 47.5 Å². The number of hydrogen-bond acceptors (Lipinski definition) is 5. The number of ether oxygens (including phenoxy) is 1. The van der Waals surface area contributed by atoms with Gasteiger partial charge in [-0.25, -0.2) is 0 Å². The van der Waals surface area contributed by atoms with Gasteiger partial charge in [0.1, 0.15) is 5.75 Å². The van der Waals surface area contributed by atoms with Crippen LogP contribution in [0, 0.1) is 0 Å². The first-order valence-electron chi connectivity index (χ1n) is 6.16. The normalized spacial score (nSPS) is 10.6. The van der Waals surface area contributed by atoms with Crippen LogP contribution >= 0.6 is 11.6 Å². The number of halogens is 1. The van der Waals surface area contributed by atoms with E-state index in [9.17, 15) is 0 Å². The molecule has 21 heavy (non-hydrogen) atoms. The van der Waals surface area contributed by atoms with Gasteiger partial charge in [-0.1, -0.05) is 17.7 Å². The van der Waals surface area contributed by atoms with Gasteiger partial charge in [0.05, 0.1) is 12.8 Å². The minimum atomic E-state index is 0.558. The molecule has 2 aromatic carbocycles. The van der Waals surface area contributed by atoms with Gasteiger partial charge in [-0.05, 0) is 40.8 Å². The fourth-order valence-corrected chi connectivity index (χ4v) is 2.20. The molecular weight excluding hydrogens is 290 g/mol. The van der Waals surface area contributed by atoms with Gasteiger partial charge in [-0.15, -0.1) is 5.10 Å². The number of benzene rings is 2. The maximum Gasteiger partial charge on any atom is 0.187 e.